The van der Waals surface area contributed by atoms with E-state index in [9.17, 15) is 0 Å². The van der Waals surface area contributed by atoms with Crippen LogP contribution in [0.3, 0.4) is 0 Å². The summed E-state index contributed by atoms with van der Waals surface area (Å²) in [6, 6.07) is 5.79. The molecule has 2 N–H and O–H groups in total. The van der Waals surface area contributed by atoms with Crippen LogP contribution in [0.4, 0.5) is 5.69 Å². The van der Waals surface area contributed by atoms with Gasteiger partial charge in [0.15, 0.2) is 5.82 Å². The van der Waals surface area contributed by atoms with Crippen molar-refractivity contribution >= 4 is 28.3 Å². The number of hydrogen-bond donors (Lipinski definition) is 1. The van der Waals surface area contributed by atoms with Crippen LogP contribution in [0.2, 0.25) is 0 Å². The first-order chi connectivity index (χ1) is 8.72. The van der Waals surface area contributed by atoms with E-state index in [4.69, 9.17) is 10.3 Å². The molecule has 0 unspecified atom stereocenters. The summed E-state index contributed by atoms with van der Waals surface area (Å²) in [6.07, 6.45) is 4.85. The van der Waals surface area contributed by atoms with E-state index >= 15 is 0 Å². The van der Waals surface area contributed by atoms with E-state index in [1.54, 1.807) is 0 Å². The third kappa shape index (κ3) is 2.36. The van der Waals surface area contributed by atoms with Crippen molar-refractivity contribution in [2.24, 2.45) is 5.92 Å². The molecule has 0 aliphatic heterocycles. The first-order valence-electron chi connectivity index (χ1n) is 6.10. The van der Waals surface area contributed by atoms with Gasteiger partial charge in [-0.25, -0.2) is 0 Å². The summed E-state index contributed by atoms with van der Waals surface area (Å²) in [5.41, 5.74) is 7.51. The van der Waals surface area contributed by atoms with E-state index in [0.29, 0.717) is 5.89 Å². The molecule has 18 heavy (non-hydrogen) atoms. The van der Waals surface area contributed by atoms with Gasteiger partial charge in [0.2, 0.25) is 0 Å². The molecule has 1 aliphatic carbocycles. The van der Waals surface area contributed by atoms with Gasteiger partial charge in [0, 0.05) is 21.2 Å². The maximum Gasteiger partial charge on any atom is 0.257 e. The predicted molar refractivity (Wildman–Crippen MR) is 77.9 cm³/mol. The normalized spacial score (nSPS) is 15.6. The van der Waals surface area contributed by atoms with Crippen molar-refractivity contribution < 1.29 is 4.52 Å². The molecule has 1 saturated carbocycles. The third-order valence-corrected chi connectivity index (χ3v) is 4.39. The van der Waals surface area contributed by atoms with Crippen LogP contribution in [0.1, 0.15) is 25.1 Å². The molecule has 1 heterocycles. The fourth-order valence-electron chi connectivity index (χ4n) is 2.09. The van der Waals surface area contributed by atoms with Crippen LogP contribution in [0.25, 0.3) is 11.5 Å². The monoisotopic (exact) mass is 355 g/mol. The van der Waals surface area contributed by atoms with E-state index in [2.05, 4.69) is 32.7 Å². The van der Waals surface area contributed by atoms with E-state index in [1.807, 2.05) is 18.2 Å². The number of nitrogen functional groups attached to an aromatic ring is 1. The van der Waals surface area contributed by atoms with Gasteiger partial charge < -0.3 is 10.3 Å². The molecular formula is C13H14IN3O. The number of halogens is 1. The zero-order valence-electron chi connectivity index (χ0n) is 9.90. The Morgan fingerprint density at radius 3 is 2.89 bits per heavy atom. The highest BCUT2D eigenvalue weighted by molar-refractivity contribution is 14.1. The minimum absolute atomic E-state index is 0.562. The predicted octanol–water partition coefficient (Wildman–Crippen LogP) is 3.27. The van der Waals surface area contributed by atoms with Crippen molar-refractivity contribution in [2.75, 3.05) is 5.73 Å². The lowest BCUT2D eigenvalue weighted by Crippen LogP contribution is -2.14. The van der Waals surface area contributed by atoms with E-state index in [-0.39, 0.29) is 0 Å². The lowest BCUT2D eigenvalue weighted by molar-refractivity contribution is 0.304. The van der Waals surface area contributed by atoms with Crippen LogP contribution < -0.4 is 5.73 Å². The van der Waals surface area contributed by atoms with Crippen molar-refractivity contribution in [1.29, 1.82) is 0 Å². The van der Waals surface area contributed by atoms with Gasteiger partial charge in [0.05, 0.1) is 0 Å². The van der Waals surface area contributed by atoms with Crippen LogP contribution >= 0.6 is 22.6 Å². The second-order valence-electron chi connectivity index (χ2n) is 4.75. The molecule has 0 amide bonds. The molecule has 94 valence electrons. The Hall–Kier alpha value is -1.11. The maximum atomic E-state index is 5.88. The van der Waals surface area contributed by atoms with Crippen LogP contribution in [0.15, 0.2) is 22.7 Å². The molecule has 1 aliphatic rings. The molecule has 1 aromatic heterocycles. The molecule has 4 nitrogen and oxygen atoms in total. The first kappa shape index (κ1) is 12.0. The van der Waals surface area contributed by atoms with Gasteiger partial charge >= 0.3 is 0 Å². The number of nitrogens with two attached hydrogens (primary N) is 1. The smallest absolute Gasteiger partial charge is 0.257 e. The zero-order valence-corrected chi connectivity index (χ0v) is 12.1. The molecule has 1 fully saturated rings. The standard InChI is InChI=1S/C13H14IN3O/c14-10-5-4-9(7-11(10)15)13-16-12(17-18-13)6-8-2-1-3-8/h4-5,7-8H,1-3,6,15H2. The number of aromatic nitrogens is 2. The summed E-state index contributed by atoms with van der Waals surface area (Å²) >= 11 is 2.20. The third-order valence-electron chi connectivity index (χ3n) is 3.41. The summed E-state index contributed by atoms with van der Waals surface area (Å²) < 4.78 is 6.33. The SMILES string of the molecule is Nc1cc(-c2nc(CC3CCC3)no2)ccc1I. The zero-order chi connectivity index (χ0) is 12.5. The Kier molecular flexibility index (Phi) is 3.23. The number of nitrogens with zero attached hydrogens (tertiary/aromatic N) is 2. The molecule has 0 atom stereocenters. The summed E-state index contributed by atoms with van der Waals surface area (Å²) in [6.45, 7) is 0. The van der Waals surface area contributed by atoms with Crippen molar-refractivity contribution in [3.05, 3.63) is 27.6 Å². The fourth-order valence-corrected chi connectivity index (χ4v) is 2.42. The Morgan fingerprint density at radius 1 is 1.39 bits per heavy atom. The van der Waals surface area contributed by atoms with Gasteiger partial charge in [-0.3, -0.25) is 0 Å². The molecule has 0 saturated heterocycles. The average molecular weight is 355 g/mol. The molecular weight excluding hydrogens is 341 g/mol. The van der Waals surface area contributed by atoms with Crippen LogP contribution in [-0.4, -0.2) is 10.1 Å². The Morgan fingerprint density at radius 2 is 2.22 bits per heavy atom. The minimum Gasteiger partial charge on any atom is -0.398 e. The van der Waals surface area contributed by atoms with E-state index in [1.165, 1.54) is 19.3 Å². The molecule has 2 aromatic rings. The second-order valence-corrected chi connectivity index (χ2v) is 5.92. The van der Waals surface area contributed by atoms with Crippen molar-refractivity contribution in [1.82, 2.24) is 10.1 Å². The van der Waals surface area contributed by atoms with Crippen LogP contribution in [-0.2, 0) is 6.42 Å². The average Bonchev–Trinajstić information content (AvgIpc) is 2.76. The molecule has 0 bridgehead atoms. The quantitative estimate of drug-likeness (QED) is 0.678. The van der Waals surface area contributed by atoms with Gasteiger partial charge in [0.1, 0.15) is 0 Å². The van der Waals surface area contributed by atoms with Gasteiger partial charge in [-0.15, -0.1) is 0 Å². The van der Waals surface area contributed by atoms with Gasteiger partial charge in [-0.05, 0) is 46.7 Å². The van der Waals surface area contributed by atoms with Gasteiger partial charge in [-0.2, -0.15) is 4.98 Å². The highest BCUT2D eigenvalue weighted by atomic mass is 127. The second kappa shape index (κ2) is 4.87. The van der Waals surface area contributed by atoms with Crippen LogP contribution in [0.5, 0.6) is 0 Å². The fraction of sp³-hybridized carbons (Fsp3) is 0.385. The molecule has 0 spiro atoms. The summed E-state index contributed by atoms with van der Waals surface area (Å²) in [4.78, 5) is 4.44. The number of benzene rings is 1. The Labute approximate surface area is 119 Å². The first-order valence-corrected chi connectivity index (χ1v) is 7.18. The molecule has 1 aromatic carbocycles. The summed E-state index contributed by atoms with van der Waals surface area (Å²) in [5.74, 6) is 2.12. The lowest BCUT2D eigenvalue weighted by Gasteiger charge is -2.23. The van der Waals surface area contributed by atoms with Crippen molar-refractivity contribution in [3.8, 4) is 11.5 Å². The highest BCUT2D eigenvalue weighted by Crippen LogP contribution is 2.30. The maximum absolute atomic E-state index is 5.88. The van der Waals surface area contributed by atoms with E-state index in [0.717, 1.165) is 33.0 Å². The minimum atomic E-state index is 0.562. The number of hydrogen-bond acceptors (Lipinski definition) is 4. The highest BCUT2D eigenvalue weighted by Gasteiger charge is 2.20. The lowest BCUT2D eigenvalue weighted by atomic mass is 9.83. The topological polar surface area (TPSA) is 64.9 Å². The Balaban J connectivity index is 1.80. The molecule has 3 rings (SSSR count). The van der Waals surface area contributed by atoms with Crippen molar-refractivity contribution in [2.45, 2.75) is 25.7 Å². The van der Waals surface area contributed by atoms with Crippen molar-refractivity contribution in [3.63, 3.8) is 0 Å². The summed E-state index contributed by atoms with van der Waals surface area (Å²) in [7, 11) is 0. The number of rotatable bonds is 3. The van der Waals surface area contributed by atoms with Gasteiger partial charge in [0.25, 0.3) is 5.89 Å². The summed E-state index contributed by atoms with van der Waals surface area (Å²) in [5, 5.41) is 4.04. The van der Waals surface area contributed by atoms with Gasteiger partial charge in [-0.1, -0.05) is 24.4 Å². The Bertz CT molecular complexity index is 563. The largest absolute Gasteiger partial charge is 0.398 e. The molecule has 5 heteroatoms. The van der Waals surface area contributed by atoms with Crippen LogP contribution in [0, 0.1) is 9.49 Å². The molecule has 0 radical (unpaired) electrons. The van der Waals surface area contributed by atoms with E-state index < -0.39 is 0 Å². The number of anilines is 1.